The van der Waals surface area contributed by atoms with Gasteiger partial charge in [-0.05, 0) is 120 Å². The number of hydrogen-bond donors (Lipinski definition) is 0. The first-order valence-corrected chi connectivity index (χ1v) is 15.3. The number of carbonyl (C=O) groups excluding carboxylic acids is 1. The van der Waals surface area contributed by atoms with Crippen LogP contribution in [0.15, 0.2) is 75.0 Å². The topological polar surface area (TPSA) is 45.1 Å². The summed E-state index contributed by atoms with van der Waals surface area (Å²) in [5.41, 5.74) is 3.89. The number of thioether (sulfide) groups is 1. The van der Waals surface area contributed by atoms with Crippen LogP contribution in [0.5, 0.6) is 5.75 Å². The average molecular weight is 645 g/mol. The minimum absolute atomic E-state index is 0.0396. The van der Waals surface area contributed by atoms with Crippen molar-refractivity contribution < 1.29 is 9.53 Å². The van der Waals surface area contributed by atoms with Crippen molar-refractivity contribution in [2.24, 2.45) is 4.99 Å². The van der Waals surface area contributed by atoms with Gasteiger partial charge in [0.1, 0.15) is 12.4 Å². The first-order chi connectivity index (χ1) is 18.9. The summed E-state index contributed by atoms with van der Waals surface area (Å²) in [5.74, 6) is 0.654. The molecule has 0 aromatic heterocycles. The summed E-state index contributed by atoms with van der Waals surface area (Å²) >= 11 is 17.1. The maximum atomic E-state index is 13.2. The lowest BCUT2D eigenvalue weighted by molar-refractivity contribution is -0.122. The van der Waals surface area contributed by atoms with Crippen LogP contribution in [0.2, 0.25) is 10.0 Å². The Bertz CT molecular complexity index is 1420. The molecule has 2 fully saturated rings. The molecule has 1 amide bonds. The van der Waals surface area contributed by atoms with E-state index in [4.69, 9.17) is 32.9 Å². The Balaban J connectivity index is 1.28. The first-order valence-electron chi connectivity index (χ1n) is 12.9. The van der Waals surface area contributed by atoms with E-state index in [-0.39, 0.29) is 5.91 Å². The zero-order valence-corrected chi connectivity index (χ0v) is 25.4. The lowest BCUT2D eigenvalue weighted by atomic mass is 10.1. The molecule has 0 atom stereocenters. The monoisotopic (exact) mass is 643 g/mol. The fourth-order valence-electron chi connectivity index (χ4n) is 4.54. The van der Waals surface area contributed by atoms with Gasteiger partial charge in [-0.2, -0.15) is 0 Å². The summed E-state index contributed by atoms with van der Waals surface area (Å²) in [5, 5.41) is 1.70. The third kappa shape index (κ3) is 6.83. The number of piperidine rings is 1. The number of amides is 1. The van der Waals surface area contributed by atoms with Gasteiger partial charge >= 0.3 is 0 Å². The van der Waals surface area contributed by atoms with Crippen LogP contribution in [-0.4, -0.2) is 35.6 Å². The second-order valence-corrected chi connectivity index (χ2v) is 12.0. The molecule has 39 heavy (non-hydrogen) atoms. The van der Waals surface area contributed by atoms with Crippen molar-refractivity contribution in [3.05, 3.63) is 91.2 Å². The average Bonchev–Trinajstić information content (AvgIpc) is 3.24. The third-order valence-corrected chi connectivity index (χ3v) is 9.00. The SMILES string of the molecule is CCN1C(=O)/C(=C/c2ccc(OCc3ccc(Cl)c(Cl)c3)c(Br)c2)SC1=Nc1ccc(N2CCCCC2)cc1. The van der Waals surface area contributed by atoms with Crippen molar-refractivity contribution in [1.82, 2.24) is 4.90 Å². The van der Waals surface area contributed by atoms with Gasteiger partial charge in [0.15, 0.2) is 5.17 Å². The fourth-order valence-corrected chi connectivity index (χ4v) is 6.43. The Kier molecular flexibility index (Phi) is 9.23. The Morgan fingerprint density at radius 2 is 1.77 bits per heavy atom. The van der Waals surface area contributed by atoms with E-state index in [9.17, 15) is 4.79 Å². The zero-order valence-electron chi connectivity index (χ0n) is 21.5. The molecule has 5 rings (SSSR count). The van der Waals surface area contributed by atoms with Crippen LogP contribution in [0.25, 0.3) is 6.08 Å². The molecule has 2 aliphatic rings. The van der Waals surface area contributed by atoms with E-state index in [1.807, 2.05) is 49.4 Å². The minimum atomic E-state index is -0.0396. The molecule has 0 bridgehead atoms. The van der Waals surface area contributed by atoms with Gasteiger partial charge in [-0.3, -0.25) is 9.69 Å². The second kappa shape index (κ2) is 12.8. The Morgan fingerprint density at radius 1 is 1.00 bits per heavy atom. The van der Waals surface area contributed by atoms with Gasteiger partial charge in [0, 0.05) is 25.3 Å². The smallest absolute Gasteiger partial charge is 0.266 e. The quantitative estimate of drug-likeness (QED) is 0.241. The molecule has 0 radical (unpaired) electrons. The summed E-state index contributed by atoms with van der Waals surface area (Å²) in [6.45, 7) is 5.09. The molecule has 3 aromatic rings. The number of halogens is 3. The number of benzene rings is 3. The van der Waals surface area contributed by atoms with Crippen molar-refractivity contribution in [2.45, 2.75) is 32.8 Å². The van der Waals surface area contributed by atoms with Crippen LogP contribution in [0, 0.1) is 0 Å². The number of likely N-dealkylation sites (N-methyl/N-ethyl adjacent to an activating group) is 1. The Hall–Kier alpha value is -2.45. The van der Waals surface area contributed by atoms with Crippen molar-refractivity contribution in [3.63, 3.8) is 0 Å². The van der Waals surface area contributed by atoms with Gasteiger partial charge in [-0.1, -0.05) is 35.3 Å². The minimum Gasteiger partial charge on any atom is -0.488 e. The van der Waals surface area contributed by atoms with E-state index in [0.29, 0.717) is 39.0 Å². The first kappa shape index (κ1) is 28.1. The Labute approximate surface area is 252 Å². The lowest BCUT2D eigenvalue weighted by Crippen LogP contribution is -2.29. The molecule has 5 nitrogen and oxygen atoms in total. The second-order valence-electron chi connectivity index (χ2n) is 9.35. The molecule has 0 saturated carbocycles. The van der Waals surface area contributed by atoms with Gasteiger partial charge < -0.3 is 9.64 Å². The van der Waals surface area contributed by atoms with E-state index in [0.717, 1.165) is 34.4 Å². The molecule has 9 heteroatoms. The molecule has 3 aromatic carbocycles. The van der Waals surface area contributed by atoms with Gasteiger partial charge in [-0.25, -0.2) is 4.99 Å². The third-order valence-electron chi connectivity index (χ3n) is 6.63. The number of ether oxygens (including phenoxy) is 1. The highest BCUT2D eigenvalue weighted by atomic mass is 79.9. The van der Waals surface area contributed by atoms with Crippen LogP contribution in [0.4, 0.5) is 11.4 Å². The zero-order chi connectivity index (χ0) is 27.4. The summed E-state index contributed by atoms with van der Waals surface area (Å²) in [6, 6.07) is 19.5. The fraction of sp³-hybridized carbons (Fsp3) is 0.267. The molecule has 0 spiro atoms. The predicted octanol–water partition coefficient (Wildman–Crippen LogP) is 8.95. The highest BCUT2D eigenvalue weighted by Crippen LogP contribution is 2.36. The van der Waals surface area contributed by atoms with E-state index in [1.54, 1.807) is 17.0 Å². The number of nitrogens with zero attached hydrogens (tertiary/aromatic N) is 3. The number of amidine groups is 1. The number of hydrogen-bond acceptors (Lipinski definition) is 5. The predicted molar refractivity (Wildman–Crippen MR) is 167 cm³/mol. The van der Waals surface area contributed by atoms with Crippen molar-refractivity contribution in [3.8, 4) is 5.75 Å². The van der Waals surface area contributed by atoms with E-state index >= 15 is 0 Å². The summed E-state index contributed by atoms with van der Waals surface area (Å²) in [6.07, 6.45) is 5.69. The van der Waals surface area contributed by atoms with E-state index in [1.165, 1.54) is 36.7 Å². The standard InChI is InChI=1S/C30H28BrCl2N3O2S/c1-2-36-29(37)28(39-30(36)34-22-8-10-23(11-9-22)35-14-4-3-5-15-35)18-20-7-13-27(24(31)16-20)38-19-21-6-12-25(32)26(33)17-21/h6-13,16-18H,2-5,14-15,19H2,1H3/b28-18-,34-30?. The molecular weight excluding hydrogens is 617 g/mol. The van der Waals surface area contributed by atoms with Gasteiger partial charge in [0.05, 0.1) is 25.1 Å². The Morgan fingerprint density at radius 3 is 2.46 bits per heavy atom. The van der Waals surface area contributed by atoms with Crippen LogP contribution in [0.1, 0.15) is 37.3 Å². The maximum absolute atomic E-state index is 13.2. The highest BCUT2D eigenvalue weighted by molar-refractivity contribution is 9.10. The molecule has 0 N–H and O–H groups in total. The largest absolute Gasteiger partial charge is 0.488 e. The summed E-state index contributed by atoms with van der Waals surface area (Å²) < 4.78 is 6.75. The van der Waals surface area contributed by atoms with E-state index < -0.39 is 0 Å². The van der Waals surface area contributed by atoms with Crippen LogP contribution in [-0.2, 0) is 11.4 Å². The van der Waals surface area contributed by atoms with Crippen molar-refractivity contribution in [2.75, 3.05) is 24.5 Å². The lowest BCUT2D eigenvalue weighted by Gasteiger charge is -2.28. The maximum Gasteiger partial charge on any atom is 0.266 e. The van der Waals surface area contributed by atoms with Gasteiger partial charge in [0.2, 0.25) is 0 Å². The molecule has 2 aliphatic heterocycles. The summed E-state index contributed by atoms with van der Waals surface area (Å²) in [4.78, 5) is 22.8. The van der Waals surface area contributed by atoms with Crippen LogP contribution >= 0.6 is 50.9 Å². The molecule has 0 aliphatic carbocycles. The van der Waals surface area contributed by atoms with Crippen molar-refractivity contribution >= 4 is 79.4 Å². The van der Waals surface area contributed by atoms with Crippen LogP contribution in [0.3, 0.4) is 0 Å². The normalized spacial score (nSPS) is 17.9. The molecule has 202 valence electrons. The number of carbonyl (C=O) groups is 1. The summed E-state index contributed by atoms with van der Waals surface area (Å²) in [7, 11) is 0. The van der Waals surface area contributed by atoms with Gasteiger partial charge in [0.25, 0.3) is 5.91 Å². The molecule has 2 saturated heterocycles. The number of rotatable bonds is 7. The number of anilines is 1. The van der Waals surface area contributed by atoms with Crippen LogP contribution < -0.4 is 9.64 Å². The highest BCUT2D eigenvalue weighted by Gasteiger charge is 2.32. The van der Waals surface area contributed by atoms with E-state index in [2.05, 4.69) is 33.0 Å². The molecule has 2 heterocycles. The molecular formula is C30H28BrCl2N3O2S. The van der Waals surface area contributed by atoms with Crippen molar-refractivity contribution in [1.29, 1.82) is 0 Å². The molecule has 0 unspecified atom stereocenters. The van der Waals surface area contributed by atoms with Gasteiger partial charge in [-0.15, -0.1) is 0 Å². The number of aliphatic imine (C=N–C) groups is 1.